The van der Waals surface area contributed by atoms with Crippen LogP contribution in [0.2, 0.25) is 0 Å². The molecule has 2 unspecified atom stereocenters. The van der Waals surface area contributed by atoms with Crippen molar-refractivity contribution >= 4 is 0 Å². The van der Waals surface area contributed by atoms with Gasteiger partial charge in [0, 0.05) is 11.6 Å². The molecular weight excluding hydrogens is 186 g/mol. The van der Waals surface area contributed by atoms with Gasteiger partial charge in [-0.2, -0.15) is 0 Å². The lowest BCUT2D eigenvalue weighted by atomic mass is 9.85. The number of aliphatic hydroxyl groups is 1. The molecule has 0 aliphatic heterocycles. The summed E-state index contributed by atoms with van der Waals surface area (Å²) in [4.78, 5) is 0. The second-order valence-electron chi connectivity index (χ2n) is 5.44. The molecule has 0 saturated heterocycles. The van der Waals surface area contributed by atoms with Crippen LogP contribution in [0, 0.1) is 5.92 Å². The van der Waals surface area contributed by atoms with Crippen LogP contribution < -0.4 is 5.32 Å². The first-order valence-electron chi connectivity index (χ1n) is 6.69. The molecule has 2 N–H and O–H groups in total. The zero-order valence-electron chi connectivity index (χ0n) is 9.97. The van der Waals surface area contributed by atoms with Gasteiger partial charge >= 0.3 is 0 Å². The summed E-state index contributed by atoms with van der Waals surface area (Å²) in [6, 6.07) is 0.685. The fourth-order valence-corrected chi connectivity index (χ4v) is 3.66. The zero-order valence-corrected chi connectivity index (χ0v) is 9.97. The summed E-state index contributed by atoms with van der Waals surface area (Å²) in [5, 5.41) is 13.5. The van der Waals surface area contributed by atoms with Crippen LogP contribution in [0.25, 0.3) is 0 Å². The van der Waals surface area contributed by atoms with Crippen molar-refractivity contribution in [2.75, 3.05) is 6.61 Å². The van der Waals surface area contributed by atoms with Gasteiger partial charge in [-0.1, -0.05) is 32.6 Å². The molecule has 0 amide bonds. The Morgan fingerprint density at radius 2 is 1.93 bits per heavy atom. The minimum Gasteiger partial charge on any atom is -0.394 e. The molecule has 0 heterocycles. The van der Waals surface area contributed by atoms with E-state index in [0.29, 0.717) is 18.6 Å². The monoisotopic (exact) mass is 211 g/mol. The van der Waals surface area contributed by atoms with E-state index in [1.165, 1.54) is 51.4 Å². The van der Waals surface area contributed by atoms with E-state index in [0.717, 1.165) is 0 Å². The van der Waals surface area contributed by atoms with Gasteiger partial charge in [-0.25, -0.2) is 0 Å². The Labute approximate surface area is 93.5 Å². The molecule has 2 aliphatic carbocycles. The quantitative estimate of drug-likeness (QED) is 0.748. The first-order valence-corrected chi connectivity index (χ1v) is 6.69. The molecule has 0 spiro atoms. The van der Waals surface area contributed by atoms with E-state index in [4.69, 9.17) is 0 Å². The van der Waals surface area contributed by atoms with Gasteiger partial charge in [0.15, 0.2) is 0 Å². The number of hydrogen-bond acceptors (Lipinski definition) is 2. The molecule has 0 radical (unpaired) electrons. The molecule has 0 aromatic heterocycles. The highest BCUT2D eigenvalue weighted by atomic mass is 16.3. The molecule has 15 heavy (non-hydrogen) atoms. The number of aliphatic hydroxyl groups excluding tert-OH is 1. The van der Waals surface area contributed by atoms with Crippen molar-refractivity contribution in [3.8, 4) is 0 Å². The summed E-state index contributed by atoms with van der Waals surface area (Å²) >= 11 is 0. The van der Waals surface area contributed by atoms with Crippen LogP contribution in [-0.2, 0) is 0 Å². The van der Waals surface area contributed by atoms with Crippen molar-refractivity contribution in [2.24, 2.45) is 5.92 Å². The lowest BCUT2D eigenvalue weighted by molar-refractivity contribution is 0.109. The summed E-state index contributed by atoms with van der Waals surface area (Å²) in [6.07, 6.45) is 10.4. The molecule has 0 aromatic rings. The SMILES string of the molecule is CCC1CCCC1(CO)NC1CCCC1. The van der Waals surface area contributed by atoms with Gasteiger partial charge in [0.2, 0.25) is 0 Å². The Morgan fingerprint density at radius 3 is 2.53 bits per heavy atom. The summed E-state index contributed by atoms with van der Waals surface area (Å²) in [5.41, 5.74) is 0.0732. The topological polar surface area (TPSA) is 32.3 Å². The predicted octanol–water partition coefficient (Wildman–Crippen LogP) is 2.46. The second kappa shape index (κ2) is 4.84. The fourth-order valence-electron chi connectivity index (χ4n) is 3.66. The van der Waals surface area contributed by atoms with Gasteiger partial charge in [0.05, 0.1) is 6.61 Å². The van der Waals surface area contributed by atoms with Crippen molar-refractivity contribution in [1.29, 1.82) is 0 Å². The van der Waals surface area contributed by atoms with Gasteiger partial charge in [-0.15, -0.1) is 0 Å². The van der Waals surface area contributed by atoms with Gasteiger partial charge in [-0.3, -0.25) is 0 Å². The second-order valence-corrected chi connectivity index (χ2v) is 5.44. The summed E-state index contributed by atoms with van der Waals surface area (Å²) < 4.78 is 0. The van der Waals surface area contributed by atoms with E-state index in [1.807, 2.05) is 0 Å². The van der Waals surface area contributed by atoms with E-state index in [9.17, 15) is 5.11 Å². The van der Waals surface area contributed by atoms with E-state index in [1.54, 1.807) is 0 Å². The molecule has 2 saturated carbocycles. The van der Waals surface area contributed by atoms with E-state index < -0.39 is 0 Å². The molecule has 2 atom stereocenters. The van der Waals surface area contributed by atoms with E-state index in [-0.39, 0.29) is 5.54 Å². The third-order valence-electron chi connectivity index (χ3n) is 4.58. The molecular formula is C13H25NO. The normalized spacial score (nSPS) is 37.6. The third-order valence-corrected chi connectivity index (χ3v) is 4.58. The highest BCUT2D eigenvalue weighted by molar-refractivity contribution is 5.00. The Morgan fingerprint density at radius 1 is 1.20 bits per heavy atom. The van der Waals surface area contributed by atoms with Crippen molar-refractivity contribution in [3.05, 3.63) is 0 Å². The van der Waals surface area contributed by atoms with Crippen LogP contribution in [0.4, 0.5) is 0 Å². The van der Waals surface area contributed by atoms with E-state index >= 15 is 0 Å². The van der Waals surface area contributed by atoms with Gasteiger partial charge in [0.1, 0.15) is 0 Å². The smallest absolute Gasteiger partial charge is 0.0616 e. The molecule has 0 aromatic carbocycles. The molecule has 2 nitrogen and oxygen atoms in total. The van der Waals surface area contributed by atoms with Crippen molar-refractivity contribution in [2.45, 2.75) is 69.9 Å². The lowest BCUT2D eigenvalue weighted by Crippen LogP contribution is -2.54. The van der Waals surface area contributed by atoms with Crippen LogP contribution >= 0.6 is 0 Å². The highest BCUT2D eigenvalue weighted by Gasteiger charge is 2.42. The number of hydrogen-bond donors (Lipinski definition) is 2. The van der Waals surface area contributed by atoms with Crippen molar-refractivity contribution in [3.63, 3.8) is 0 Å². The molecule has 2 aliphatic rings. The number of nitrogens with one attached hydrogen (secondary N) is 1. The van der Waals surface area contributed by atoms with E-state index in [2.05, 4.69) is 12.2 Å². The summed E-state index contributed by atoms with van der Waals surface area (Å²) in [5.74, 6) is 0.697. The minimum absolute atomic E-state index is 0.0732. The zero-order chi connectivity index (χ0) is 10.7. The van der Waals surface area contributed by atoms with Gasteiger partial charge in [-0.05, 0) is 31.6 Å². The fraction of sp³-hybridized carbons (Fsp3) is 1.00. The molecule has 0 bridgehead atoms. The van der Waals surface area contributed by atoms with Crippen LogP contribution in [-0.4, -0.2) is 23.3 Å². The summed E-state index contributed by atoms with van der Waals surface area (Å²) in [6.45, 7) is 2.60. The maximum atomic E-state index is 9.72. The van der Waals surface area contributed by atoms with Crippen LogP contribution in [0.15, 0.2) is 0 Å². The van der Waals surface area contributed by atoms with Crippen molar-refractivity contribution in [1.82, 2.24) is 5.32 Å². The van der Waals surface area contributed by atoms with Crippen molar-refractivity contribution < 1.29 is 5.11 Å². The van der Waals surface area contributed by atoms with Crippen LogP contribution in [0.5, 0.6) is 0 Å². The molecule has 88 valence electrons. The average molecular weight is 211 g/mol. The minimum atomic E-state index is 0.0732. The first-order chi connectivity index (χ1) is 7.30. The predicted molar refractivity (Wildman–Crippen MR) is 62.8 cm³/mol. The van der Waals surface area contributed by atoms with Crippen LogP contribution in [0.3, 0.4) is 0 Å². The molecule has 2 heteroatoms. The van der Waals surface area contributed by atoms with Crippen LogP contribution in [0.1, 0.15) is 58.3 Å². The summed E-state index contributed by atoms with van der Waals surface area (Å²) in [7, 11) is 0. The largest absolute Gasteiger partial charge is 0.394 e. The Kier molecular flexibility index (Phi) is 3.68. The Bertz CT molecular complexity index is 201. The highest BCUT2D eigenvalue weighted by Crippen LogP contribution is 2.39. The Balaban J connectivity index is 1.99. The molecule has 2 fully saturated rings. The maximum absolute atomic E-state index is 9.72. The van der Waals surface area contributed by atoms with Gasteiger partial charge in [0.25, 0.3) is 0 Å². The number of rotatable bonds is 4. The Hall–Kier alpha value is -0.0800. The maximum Gasteiger partial charge on any atom is 0.0616 e. The molecule has 2 rings (SSSR count). The third kappa shape index (κ3) is 2.21. The standard InChI is InChI=1S/C13H25NO/c1-2-11-6-5-9-13(11,10-15)14-12-7-3-4-8-12/h11-12,14-15H,2-10H2,1H3. The average Bonchev–Trinajstić information content (AvgIpc) is 2.88. The first kappa shape index (κ1) is 11.4. The lowest BCUT2D eigenvalue weighted by Gasteiger charge is -2.37. The van der Waals surface area contributed by atoms with Gasteiger partial charge < -0.3 is 10.4 Å².